The predicted molar refractivity (Wildman–Crippen MR) is 66.7 cm³/mol. The average molecular weight is 278 g/mol. The molecule has 1 saturated heterocycles. The molecule has 1 aliphatic rings. The summed E-state index contributed by atoms with van der Waals surface area (Å²) >= 11 is 5.88. The van der Waals surface area contributed by atoms with Crippen LogP contribution in [0.5, 0.6) is 0 Å². The van der Waals surface area contributed by atoms with E-state index in [4.69, 9.17) is 11.6 Å². The zero-order valence-electron chi connectivity index (χ0n) is 9.69. The van der Waals surface area contributed by atoms with Gasteiger partial charge < -0.3 is 9.88 Å². The monoisotopic (exact) mass is 277 g/mol. The zero-order chi connectivity index (χ0) is 12.5. The number of nitrogens with one attached hydrogen (secondary N) is 1. The second-order valence-corrected chi connectivity index (χ2v) is 7.05. The summed E-state index contributed by atoms with van der Waals surface area (Å²) in [6, 6.07) is 0.258. The molecule has 1 aliphatic heterocycles. The predicted octanol–water partition coefficient (Wildman–Crippen LogP) is 0.740. The number of sulfone groups is 1. The Bertz CT molecular complexity index is 484. The third-order valence-corrected chi connectivity index (χ3v) is 5.20. The average Bonchev–Trinajstić information content (AvgIpc) is 2.59. The molecule has 1 aromatic rings. The molecule has 0 bridgehead atoms. The molecule has 96 valence electrons. The van der Waals surface area contributed by atoms with Gasteiger partial charge in [-0.3, -0.25) is 0 Å². The van der Waals surface area contributed by atoms with Crippen molar-refractivity contribution in [1.82, 2.24) is 14.9 Å². The van der Waals surface area contributed by atoms with Crippen molar-refractivity contribution in [2.45, 2.75) is 25.4 Å². The van der Waals surface area contributed by atoms with E-state index in [-0.39, 0.29) is 17.5 Å². The van der Waals surface area contributed by atoms with Crippen molar-refractivity contribution in [2.24, 2.45) is 7.05 Å². The van der Waals surface area contributed by atoms with E-state index >= 15 is 0 Å². The summed E-state index contributed by atoms with van der Waals surface area (Å²) in [6.07, 6.45) is 2.98. The van der Waals surface area contributed by atoms with Crippen molar-refractivity contribution in [3.8, 4) is 0 Å². The number of halogens is 1. The first-order valence-corrected chi connectivity index (χ1v) is 7.78. The number of rotatable bonds is 3. The van der Waals surface area contributed by atoms with Crippen molar-refractivity contribution in [1.29, 1.82) is 0 Å². The van der Waals surface area contributed by atoms with Crippen molar-refractivity contribution in [3.63, 3.8) is 0 Å². The minimum atomic E-state index is -2.78. The van der Waals surface area contributed by atoms with Crippen LogP contribution in [0.1, 0.15) is 18.7 Å². The van der Waals surface area contributed by atoms with E-state index in [1.54, 1.807) is 6.20 Å². The first-order valence-electron chi connectivity index (χ1n) is 5.58. The largest absolute Gasteiger partial charge is 0.321 e. The van der Waals surface area contributed by atoms with Gasteiger partial charge in [-0.05, 0) is 12.8 Å². The van der Waals surface area contributed by atoms with Crippen LogP contribution in [0.25, 0.3) is 0 Å². The smallest absolute Gasteiger partial charge is 0.150 e. The number of imidazole rings is 1. The fourth-order valence-corrected chi connectivity index (χ4v) is 3.56. The molecule has 0 amide bonds. The Hall–Kier alpha value is -0.590. The van der Waals surface area contributed by atoms with Gasteiger partial charge in [0.2, 0.25) is 0 Å². The number of hydrogen-bond acceptors (Lipinski definition) is 4. The van der Waals surface area contributed by atoms with Gasteiger partial charge in [-0.2, -0.15) is 0 Å². The minimum absolute atomic E-state index is 0.258. The summed E-state index contributed by atoms with van der Waals surface area (Å²) in [5, 5.41) is 3.93. The van der Waals surface area contributed by atoms with Crippen LogP contribution >= 0.6 is 11.6 Å². The Morgan fingerprint density at radius 2 is 2.18 bits per heavy atom. The van der Waals surface area contributed by atoms with Crippen LogP contribution in [-0.4, -0.2) is 35.5 Å². The quantitative estimate of drug-likeness (QED) is 0.885. The fourth-order valence-electron chi connectivity index (χ4n) is 1.92. The topological polar surface area (TPSA) is 64.0 Å². The molecule has 2 heterocycles. The Balaban J connectivity index is 1.86. The maximum atomic E-state index is 11.3. The van der Waals surface area contributed by atoms with Crippen molar-refractivity contribution >= 4 is 21.4 Å². The van der Waals surface area contributed by atoms with Crippen LogP contribution in [0.4, 0.5) is 0 Å². The number of aromatic nitrogens is 2. The third kappa shape index (κ3) is 3.20. The Morgan fingerprint density at radius 1 is 1.53 bits per heavy atom. The highest BCUT2D eigenvalue weighted by Gasteiger charge is 2.23. The Kier molecular flexibility index (Phi) is 3.75. The highest BCUT2D eigenvalue weighted by molar-refractivity contribution is 7.91. The second kappa shape index (κ2) is 4.96. The van der Waals surface area contributed by atoms with Gasteiger partial charge in [-0.1, -0.05) is 11.6 Å². The van der Waals surface area contributed by atoms with Gasteiger partial charge in [0, 0.05) is 13.1 Å². The minimum Gasteiger partial charge on any atom is -0.321 e. The zero-order valence-corrected chi connectivity index (χ0v) is 11.3. The first-order chi connectivity index (χ1) is 7.98. The van der Waals surface area contributed by atoms with Crippen LogP contribution in [0.15, 0.2) is 6.20 Å². The summed E-state index contributed by atoms with van der Waals surface area (Å²) in [7, 11) is -0.926. The third-order valence-electron chi connectivity index (χ3n) is 3.13. The van der Waals surface area contributed by atoms with E-state index in [0.717, 1.165) is 5.82 Å². The molecule has 1 aromatic heterocycles. The van der Waals surface area contributed by atoms with Gasteiger partial charge in [0.05, 0.1) is 24.2 Å². The highest BCUT2D eigenvalue weighted by Crippen LogP contribution is 2.13. The summed E-state index contributed by atoms with van der Waals surface area (Å²) in [4.78, 5) is 4.18. The van der Waals surface area contributed by atoms with Gasteiger partial charge in [-0.15, -0.1) is 0 Å². The molecule has 0 aliphatic carbocycles. The highest BCUT2D eigenvalue weighted by atomic mass is 35.5. The van der Waals surface area contributed by atoms with Crippen molar-refractivity contribution in [3.05, 3.63) is 17.2 Å². The lowest BCUT2D eigenvalue weighted by Crippen LogP contribution is -2.37. The summed E-state index contributed by atoms with van der Waals surface area (Å²) < 4.78 is 24.3. The number of hydrogen-bond donors (Lipinski definition) is 1. The van der Waals surface area contributed by atoms with E-state index in [9.17, 15) is 8.42 Å². The molecule has 2 rings (SSSR count). The van der Waals surface area contributed by atoms with E-state index in [2.05, 4.69) is 10.3 Å². The summed E-state index contributed by atoms with van der Waals surface area (Å²) in [5.41, 5.74) is 0. The number of nitrogens with zero attached hydrogens (tertiary/aromatic N) is 2. The normalized spacial score (nSPS) is 20.6. The van der Waals surface area contributed by atoms with Gasteiger partial charge in [-0.25, -0.2) is 13.4 Å². The molecule has 0 atom stereocenters. The lowest BCUT2D eigenvalue weighted by molar-refractivity contribution is 0.453. The van der Waals surface area contributed by atoms with Crippen molar-refractivity contribution in [2.75, 3.05) is 11.5 Å². The van der Waals surface area contributed by atoms with E-state index in [1.807, 2.05) is 11.6 Å². The second-order valence-electron chi connectivity index (χ2n) is 4.36. The molecular formula is C10H16ClN3O2S. The van der Waals surface area contributed by atoms with Crippen LogP contribution in [0.3, 0.4) is 0 Å². The Labute approximate surface area is 106 Å². The van der Waals surface area contributed by atoms with Gasteiger partial charge in [0.25, 0.3) is 0 Å². The molecule has 0 radical (unpaired) electrons. The molecule has 0 aromatic carbocycles. The molecule has 5 nitrogen and oxygen atoms in total. The van der Waals surface area contributed by atoms with Gasteiger partial charge in [0.1, 0.15) is 20.8 Å². The summed E-state index contributed by atoms with van der Waals surface area (Å²) in [5.74, 6) is 1.43. The molecule has 0 spiro atoms. The Morgan fingerprint density at radius 3 is 2.71 bits per heavy atom. The van der Waals surface area contributed by atoms with Crippen LogP contribution in [0.2, 0.25) is 5.15 Å². The molecular weight excluding hydrogens is 262 g/mol. The summed E-state index contributed by atoms with van der Waals surface area (Å²) in [6.45, 7) is 0.619. The van der Waals surface area contributed by atoms with Gasteiger partial charge >= 0.3 is 0 Å². The molecule has 17 heavy (non-hydrogen) atoms. The standard InChI is InChI=1S/C10H16ClN3O2S/c1-14-9(11)6-13-10(14)7-12-8-2-4-17(15,16)5-3-8/h6,8,12H,2-5,7H2,1H3. The van der Waals surface area contributed by atoms with E-state index in [0.29, 0.717) is 24.5 Å². The molecule has 0 unspecified atom stereocenters. The van der Waals surface area contributed by atoms with Crippen molar-refractivity contribution < 1.29 is 8.42 Å². The first kappa shape index (κ1) is 12.9. The van der Waals surface area contributed by atoms with E-state index < -0.39 is 9.84 Å². The molecule has 0 saturated carbocycles. The maximum absolute atomic E-state index is 11.3. The molecule has 7 heteroatoms. The maximum Gasteiger partial charge on any atom is 0.150 e. The van der Waals surface area contributed by atoms with E-state index in [1.165, 1.54) is 0 Å². The van der Waals surface area contributed by atoms with Crippen LogP contribution in [0, 0.1) is 0 Å². The van der Waals surface area contributed by atoms with Gasteiger partial charge in [0.15, 0.2) is 0 Å². The molecule has 1 N–H and O–H groups in total. The van der Waals surface area contributed by atoms with Crippen LogP contribution < -0.4 is 5.32 Å². The SMILES string of the molecule is Cn1c(Cl)cnc1CNC1CCS(=O)(=O)CC1. The van der Waals surface area contributed by atoms with Crippen LogP contribution in [-0.2, 0) is 23.4 Å². The lowest BCUT2D eigenvalue weighted by Gasteiger charge is -2.22. The fraction of sp³-hybridized carbons (Fsp3) is 0.700. The lowest BCUT2D eigenvalue weighted by atomic mass is 10.1. The molecule has 1 fully saturated rings.